The normalized spacial score (nSPS) is 12.4. The van der Waals surface area contributed by atoms with Crippen LogP contribution in [0.25, 0.3) is 0 Å². The standard InChI is InChI=1S/C72H130O6/c1-4-7-10-13-16-19-22-25-28-30-32-34-35-36-37-39-40-42-44-47-50-53-56-59-62-65-71(74)77-68-69(67-76-70(73)64-61-58-55-52-49-46-27-24-21-18-15-12-9-6-3)78-72(75)66-63-60-57-54-51-48-45-43-41-38-33-31-29-26-23-20-17-14-11-8-5-2/h22,24-25,27,30-33,35-36,69H,4-21,23,26,28-29,34,37-68H2,1-3H3/b25-22-,27-24-,32-30-,33-31-,36-35-. The summed E-state index contributed by atoms with van der Waals surface area (Å²) in [5.41, 5.74) is 0. The number of unbranched alkanes of at least 4 members (excludes halogenated alkanes) is 42. The summed E-state index contributed by atoms with van der Waals surface area (Å²) in [6.45, 7) is 6.66. The Hall–Kier alpha value is -2.89. The van der Waals surface area contributed by atoms with Crippen LogP contribution in [-0.2, 0) is 28.6 Å². The molecule has 6 nitrogen and oxygen atoms in total. The van der Waals surface area contributed by atoms with Gasteiger partial charge in [0.2, 0.25) is 0 Å². The van der Waals surface area contributed by atoms with Crippen molar-refractivity contribution in [2.24, 2.45) is 0 Å². The van der Waals surface area contributed by atoms with E-state index < -0.39 is 6.10 Å². The van der Waals surface area contributed by atoms with Crippen LogP contribution in [0.1, 0.15) is 361 Å². The minimum Gasteiger partial charge on any atom is -0.462 e. The first-order valence-corrected chi connectivity index (χ1v) is 34.3. The molecule has 0 rings (SSSR count). The van der Waals surface area contributed by atoms with Gasteiger partial charge in [-0.05, 0) is 109 Å². The minimum absolute atomic E-state index is 0.0775. The Labute approximate surface area is 485 Å². The number of allylic oxidation sites excluding steroid dienone is 10. The molecule has 0 aromatic carbocycles. The van der Waals surface area contributed by atoms with Gasteiger partial charge in [-0.3, -0.25) is 14.4 Å². The summed E-state index contributed by atoms with van der Waals surface area (Å²) in [5, 5.41) is 0. The van der Waals surface area contributed by atoms with Gasteiger partial charge in [-0.15, -0.1) is 0 Å². The molecule has 0 aliphatic carbocycles. The van der Waals surface area contributed by atoms with Crippen molar-refractivity contribution in [1.29, 1.82) is 0 Å². The van der Waals surface area contributed by atoms with Gasteiger partial charge in [0, 0.05) is 19.3 Å². The highest BCUT2D eigenvalue weighted by Crippen LogP contribution is 2.17. The third kappa shape index (κ3) is 63.9. The molecular formula is C72H130O6. The van der Waals surface area contributed by atoms with E-state index in [-0.39, 0.29) is 31.1 Å². The average Bonchev–Trinajstić information content (AvgIpc) is 3.44. The van der Waals surface area contributed by atoms with Crippen LogP contribution in [0.3, 0.4) is 0 Å². The van der Waals surface area contributed by atoms with Crippen molar-refractivity contribution in [2.75, 3.05) is 13.2 Å². The Bertz CT molecular complexity index is 1390. The van der Waals surface area contributed by atoms with Crippen molar-refractivity contribution in [3.05, 3.63) is 60.8 Å². The van der Waals surface area contributed by atoms with Crippen molar-refractivity contribution in [1.82, 2.24) is 0 Å². The van der Waals surface area contributed by atoms with Crippen molar-refractivity contribution >= 4 is 17.9 Å². The molecule has 0 saturated carbocycles. The Morgan fingerprint density at radius 1 is 0.256 bits per heavy atom. The Morgan fingerprint density at radius 2 is 0.462 bits per heavy atom. The fourth-order valence-electron chi connectivity index (χ4n) is 10.0. The zero-order valence-electron chi connectivity index (χ0n) is 52.2. The number of ether oxygens (including phenoxy) is 3. The van der Waals surface area contributed by atoms with Crippen LogP contribution in [-0.4, -0.2) is 37.2 Å². The maximum Gasteiger partial charge on any atom is 0.306 e. The van der Waals surface area contributed by atoms with Crippen LogP contribution < -0.4 is 0 Å². The highest BCUT2D eigenvalue weighted by atomic mass is 16.6. The second-order valence-electron chi connectivity index (χ2n) is 23.1. The van der Waals surface area contributed by atoms with E-state index in [1.807, 2.05) is 0 Å². The molecule has 0 N–H and O–H groups in total. The maximum atomic E-state index is 12.9. The highest BCUT2D eigenvalue weighted by molar-refractivity contribution is 5.71. The van der Waals surface area contributed by atoms with Gasteiger partial charge in [-0.2, -0.15) is 0 Å². The number of carbonyl (C=O) groups excluding carboxylic acids is 3. The van der Waals surface area contributed by atoms with Gasteiger partial charge >= 0.3 is 17.9 Å². The minimum atomic E-state index is -0.781. The molecular weight excluding hydrogens is 961 g/mol. The first kappa shape index (κ1) is 75.1. The molecule has 78 heavy (non-hydrogen) atoms. The summed E-state index contributed by atoms with van der Waals surface area (Å²) in [6.07, 6.45) is 85.2. The molecule has 0 amide bonds. The van der Waals surface area contributed by atoms with E-state index in [0.29, 0.717) is 19.3 Å². The van der Waals surface area contributed by atoms with Crippen molar-refractivity contribution in [3.8, 4) is 0 Å². The number of hydrogen-bond acceptors (Lipinski definition) is 6. The molecule has 1 unspecified atom stereocenters. The highest BCUT2D eigenvalue weighted by Gasteiger charge is 2.19. The second kappa shape index (κ2) is 66.6. The number of esters is 3. The summed E-state index contributed by atoms with van der Waals surface area (Å²) in [4.78, 5) is 38.4. The molecule has 0 fully saturated rings. The zero-order valence-corrected chi connectivity index (χ0v) is 52.2. The van der Waals surface area contributed by atoms with E-state index in [1.165, 1.54) is 244 Å². The predicted molar refractivity (Wildman–Crippen MR) is 339 cm³/mol. The van der Waals surface area contributed by atoms with E-state index >= 15 is 0 Å². The van der Waals surface area contributed by atoms with Gasteiger partial charge in [0.25, 0.3) is 0 Å². The van der Waals surface area contributed by atoms with Crippen molar-refractivity contribution < 1.29 is 28.6 Å². The van der Waals surface area contributed by atoms with E-state index in [1.54, 1.807) is 0 Å². The molecule has 0 bridgehead atoms. The van der Waals surface area contributed by atoms with E-state index in [4.69, 9.17) is 14.2 Å². The van der Waals surface area contributed by atoms with Crippen LogP contribution in [0.15, 0.2) is 60.8 Å². The Balaban J connectivity index is 4.31. The van der Waals surface area contributed by atoms with E-state index in [0.717, 1.165) is 77.0 Å². The van der Waals surface area contributed by atoms with Gasteiger partial charge < -0.3 is 14.2 Å². The fourth-order valence-corrected chi connectivity index (χ4v) is 10.0. The van der Waals surface area contributed by atoms with Crippen molar-refractivity contribution in [3.63, 3.8) is 0 Å². The molecule has 0 aliphatic heterocycles. The summed E-state index contributed by atoms with van der Waals surface area (Å²) < 4.78 is 17.0. The molecule has 454 valence electrons. The lowest BCUT2D eigenvalue weighted by atomic mass is 10.0. The molecule has 6 heteroatoms. The third-order valence-electron chi connectivity index (χ3n) is 15.2. The number of rotatable bonds is 63. The van der Waals surface area contributed by atoms with Gasteiger partial charge in [-0.25, -0.2) is 0 Å². The van der Waals surface area contributed by atoms with Crippen molar-refractivity contribution in [2.45, 2.75) is 367 Å². The maximum absolute atomic E-state index is 12.9. The first-order chi connectivity index (χ1) is 38.5. The van der Waals surface area contributed by atoms with E-state index in [2.05, 4.69) is 81.5 Å². The fraction of sp³-hybridized carbons (Fsp3) is 0.819. The summed E-state index contributed by atoms with van der Waals surface area (Å²) in [7, 11) is 0. The van der Waals surface area contributed by atoms with Crippen LogP contribution >= 0.6 is 0 Å². The topological polar surface area (TPSA) is 78.9 Å². The zero-order chi connectivity index (χ0) is 56.4. The van der Waals surface area contributed by atoms with Gasteiger partial charge in [0.1, 0.15) is 13.2 Å². The largest absolute Gasteiger partial charge is 0.462 e. The summed E-state index contributed by atoms with van der Waals surface area (Å²) in [5.74, 6) is -0.872. The van der Waals surface area contributed by atoms with Crippen LogP contribution in [0.2, 0.25) is 0 Å². The quantitative estimate of drug-likeness (QED) is 0.0261. The van der Waals surface area contributed by atoms with E-state index in [9.17, 15) is 14.4 Å². The molecule has 0 aliphatic rings. The van der Waals surface area contributed by atoms with Crippen LogP contribution in [0.4, 0.5) is 0 Å². The average molecular weight is 1090 g/mol. The van der Waals surface area contributed by atoms with Gasteiger partial charge in [0.15, 0.2) is 6.10 Å². The molecule has 0 aromatic rings. The van der Waals surface area contributed by atoms with Crippen LogP contribution in [0, 0.1) is 0 Å². The smallest absolute Gasteiger partial charge is 0.306 e. The Kier molecular flexibility index (Phi) is 64.2. The Morgan fingerprint density at radius 3 is 0.731 bits per heavy atom. The molecule has 0 aromatic heterocycles. The molecule has 0 radical (unpaired) electrons. The summed E-state index contributed by atoms with van der Waals surface area (Å²) >= 11 is 0. The molecule has 0 saturated heterocycles. The van der Waals surface area contributed by atoms with Crippen LogP contribution in [0.5, 0.6) is 0 Å². The summed E-state index contributed by atoms with van der Waals surface area (Å²) in [6, 6.07) is 0. The van der Waals surface area contributed by atoms with Gasteiger partial charge in [-0.1, -0.05) is 293 Å². The van der Waals surface area contributed by atoms with Gasteiger partial charge in [0.05, 0.1) is 0 Å². The SMILES string of the molecule is CCCCCCC/C=C\C/C=C\C/C=C\CCCCCCCCCCCCC(=O)OCC(COC(=O)CCCCCCC/C=C\CCCCCCC)OC(=O)CCCCCCCCCCC/C=C\CCCCCCCCCC. The lowest BCUT2D eigenvalue weighted by Crippen LogP contribution is -2.30. The molecule has 0 spiro atoms. The number of hydrogen-bond donors (Lipinski definition) is 0. The number of carbonyl (C=O) groups is 3. The molecule has 0 heterocycles. The monoisotopic (exact) mass is 1090 g/mol. The third-order valence-corrected chi connectivity index (χ3v) is 15.2. The second-order valence-corrected chi connectivity index (χ2v) is 23.1. The predicted octanol–water partition coefficient (Wildman–Crippen LogP) is 23.5. The lowest BCUT2D eigenvalue weighted by Gasteiger charge is -2.18. The molecule has 1 atom stereocenters. The lowest BCUT2D eigenvalue weighted by molar-refractivity contribution is -0.167. The first-order valence-electron chi connectivity index (χ1n) is 34.3.